The molecule has 0 aromatic heterocycles. The first-order chi connectivity index (χ1) is 14.4. The maximum atomic E-state index is 12.9. The summed E-state index contributed by atoms with van der Waals surface area (Å²) in [6.45, 7) is 8.49. The maximum Gasteiger partial charge on any atom is 0.338 e. The van der Waals surface area contributed by atoms with E-state index >= 15 is 0 Å². The van der Waals surface area contributed by atoms with Crippen LogP contribution >= 0.6 is 0 Å². The third kappa shape index (κ3) is 4.11. The number of carbonyl (C=O) groups excluding carboxylic acids is 3. The van der Waals surface area contributed by atoms with Crippen LogP contribution in [-0.4, -0.2) is 45.7 Å². The van der Waals surface area contributed by atoms with E-state index in [9.17, 15) is 24.6 Å². The second kappa shape index (κ2) is 8.11. The van der Waals surface area contributed by atoms with Gasteiger partial charge in [-0.1, -0.05) is 20.8 Å². The highest BCUT2D eigenvalue weighted by molar-refractivity contribution is 5.96. The van der Waals surface area contributed by atoms with Gasteiger partial charge < -0.3 is 19.7 Å². The largest absolute Gasteiger partial charge is 0.508 e. The first-order valence-electron chi connectivity index (χ1n) is 10.5. The van der Waals surface area contributed by atoms with Crippen LogP contribution in [0, 0.1) is 17.3 Å². The summed E-state index contributed by atoms with van der Waals surface area (Å²) in [7, 11) is 0. The van der Waals surface area contributed by atoms with Crippen LogP contribution in [0.2, 0.25) is 0 Å². The lowest BCUT2D eigenvalue weighted by atomic mass is 9.67. The number of benzene rings is 1. The predicted octanol–water partition coefficient (Wildman–Crippen LogP) is 3.18. The third-order valence-corrected chi connectivity index (χ3v) is 6.88. The number of allylic oxidation sites excluding steroid dienone is 1. The van der Waals surface area contributed by atoms with E-state index in [-0.39, 0.29) is 35.9 Å². The number of fused-ring (bicyclic) bond motifs is 1. The number of hydrogen-bond acceptors (Lipinski definition) is 7. The number of phenols is 1. The Kier molecular flexibility index (Phi) is 6.02. The summed E-state index contributed by atoms with van der Waals surface area (Å²) in [6, 6.07) is 5.66. The quantitative estimate of drug-likeness (QED) is 0.706. The Bertz CT molecular complexity index is 916. The van der Waals surface area contributed by atoms with Crippen LogP contribution in [0.3, 0.4) is 0 Å². The fourth-order valence-corrected chi connectivity index (χ4v) is 5.10. The number of aromatic hydroxyl groups is 1. The number of Topliss-reactive ketones (excluding diaryl/α,β-unsaturated/α-hetero) is 1. The Morgan fingerprint density at radius 2 is 1.77 bits per heavy atom. The van der Waals surface area contributed by atoms with E-state index in [4.69, 9.17) is 9.47 Å². The SMILES string of the molecule is CC(=O)OC1CC(O)(C(C)C)C2C(OC(=O)c3ccc(O)cc3)C=C(C)C(=O)CC12C. The molecule has 2 aliphatic rings. The van der Waals surface area contributed by atoms with Crippen LogP contribution in [0.5, 0.6) is 5.75 Å². The number of ether oxygens (including phenoxy) is 2. The van der Waals surface area contributed by atoms with Crippen LogP contribution in [0.1, 0.15) is 57.8 Å². The van der Waals surface area contributed by atoms with Crippen molar-refractivity contribution in [2.75, 3.05) is 0 Å². The van der Waals surface area contributed by atoms with Gasteiger partial charge in [0, 0.05) is 31.1 Å². The fraction of sp³-hybridized carbons (Fsp3) is 0.542. The molecule has 0 amide bonds. The molecule has 7 heteroatoms. The minimum Gasteiger partial charge on any atom is -0.508 e. The number of aliphatic hydroxyl groups is 1. The molecule has 0 heterocycles. The van der Waals surface area contributed by atoms with Gasteiger partial charge in [-0.15, -0.1) is 0 Å². The first kappa shape index (κ1) is 23.0. The van der Waals surface area contributed by atoms with Crippen molar-refractivity contribution in [2.45, 2.75) is 65.3 Å². The molecule has 2 aliphatic carbocycles. The molecule has 31 heavy (non-hydrogen) atoms. The van der Waals surface area contributed by atoms with Crippen LogP contribution in [0.25, 0.3) is 0 Å². The van der Waals surface area contributed by atoms with Crippen LogP contribution < -0.4 is 0 Å². The topological polar surface area (TPSA) is 110 Å². The lowest BCUT2D eigenvalue weighted by Gasteiger charge is -2.42. The number of esters is 2. The van der Waals surface area contributed by atoms with Crippen molar-refractivity contribution in [1.82, 2.24) is 0 Å². The van der Waals surface area contributed by atoms with Gasteiger partial charge in [-0.25, -0.2) is 4.79 Å². The summed E-state index contributed by atoms with van der Waals surface area (Å²) in [6.07, 6.45) is 0.227. The molecular weight excluding hydrogens is 400 g/mol. The Morgan fingerprint density at radius 3 is 2.32 bits per heavy atom. The van der Waals surface area contributed by atoms with Gasteiger partial charge in [0.15, 0.2) is 5.78 Å². The number of hydrogen-bond donors (Lipinski definition) is 2. The summed E-state index contributed by atoms with van der Waals surface area (Å²) in [5.41, 5.74) is -1.57. The molecule has 5 unspecified atom stereocenters. The molecular formula is C24H30O7. The van der Waals surface area contributed by atoms with Gasteiger partial charge in [0.25, 0.3) is 0 Å². The smallest absolute Gasteiger partial charge is 0.338 e. The summed E-state index contributed by atoms with van der Waals surface area (Å²) in [5.74, 6) is -2.14. The van der Waals surface area contributed by atoms with Crippen molar-refractivity contribution in [1.29, 1.82) is 0 Å². The van der Waals surface area contributed by atoms with E-state index in [1.54, 1.807) is 13.0 Å². The van der Waals surface area contributed by atoms with E-state index < -0.39 is 41.1 Å². The van der Waals surface area contributed by atoms with Crippen LogP contribution in [-0.2, 0) is 19.1 Å². The number of phenolic OH excluding ortho intramolecular Hbond substituents is 1. The highest BCUT2D eigenvalue weighted by Gasteiger charge is 2.66. The van der Waals surface area contributed by atoms with Gasteiger partial charge in [-0.3, -0.25) is 9.59 Å². The molecule has 0 bridgehead atoms. The second-order valence-corrected chi connectivity index (χ2v) is 9.30. The van der Waals surface area contributed by atoms with Crippen molar-refractivity contribution >= 4 is 17.7 Å². The molecule has 5 atom stereocenters. The van der Waals surface area contributed by atoms with Crippen molar-refractivity contribution in [3.63, 3.8) is 0 Å². The average molecular weight is 430 g/mol. The lowest BCUT2D eigenvalue weighted by molar-refractivity contribution is -0.154. The third-order valence-electron chi connectivity index (χ3n) is 6.88. The highest BCUT2D eigenvalue weighted by atomic mass is 16.6. The number of rotatable bonds is 4. The molecule has 2 N–H and O–H groups in total. The molecule has 0 radical (unpaired) electrons. The Hall–Kier alpha value is -2.67. The standard InChI is InChI=1S/C24H30O7/c1-13(2)24(29)12-20(30-15(4)25)23(5)11-18(27)14(3)10-19(21(23)24)31-22(28)16-6-8-17(26)9-7-16/h6-10,13,19-21,26,29H,11-12H2,1-5H3. The van der Waals surface area contributed by atoms with E-state index in [1.807, 2.05) is 20.8 Å². The molecule has 1 saturated carbocycles. The van der Waals surface area contributed by atoms with Gasteiger partial charge in [-0.05, 0) is 48.8 Å². The van der Waals surface area contributed by atoms with Gasteiger partial charge in [0.1, 0.15) is 18.0 Å². The molecule has 1 fully saturated rings. The Balaban J connectivity index is 2.07. The van der Waals surface area contributed by atoms with Gasteiger partial charge in [-0.2, -0.15) is 0 Å². The van der Waals surface area contributed by atoms with Crippen molar-refractivity contribution in [3.8, 4) is 5.75 Å². The van der Waals surface area contributed by atoms with E-state index in [2.05, 4.69) is 0 Å². The van der Waals surface area contributed by atoms with E-state index in [0.29, 0.717) is 5.57 Å². The highest BCUT2D eigenvalue weighted by Crippen LogP contribution is 2.58. The zero-order valence-corrected chi connectivity index (χ0v) is 18.5. The van der Waals surface area contributed by atoms with Gasteiger partial charge >= 0.3 is 11.9 Å². The van der Waals surface area contributed by atoms with Crippen molar-refractivity contribution in [2.24, 2.45) is 17.3 Å². The monoisotopic (exact) mass is 430 g/mol. The second-order valence-electron chi connectivity index (χ2n) is 9.30. The predicted molar refractivity (Wildman–Crippen MR) is 112 cm³/mol. The van der Waals surface area contributed by atoms with Crippen molar-refractivity contribution in [3.05, 3.63) is 41.5 Å². The lowest BCUT2D eigenvalue weighted by Crippen LogP contribution is -2.50. The molecule has 0 spiro atoms. The summed E-state index contributed by atoms with van der Waals surface area (Å²) in [5, 5.41) is 21.2. The normalized spacial score (nSPS) is 32.8. The molecule has 168 valence electrons. The molecule has 0 saturated heterocycles. The molecule has 1 aromatic rings. The van der Waals surface area contributed by atoms with Crippen LogP contribution in [0.15, 0.2) is 35.9 Å². The maximum absolute atomic E-state index is 12.9. The number of ketones is 1. The zero-order valence-electron chi connectivity index (χ0n) is 18.5. The van der Waals surface area contributed by atoms with Gasteiger partial charge in [0.2, 0.25) is 0 Å². The van der Waals surface area contributed by atoms with Gasteiger partial charge in [0.05, 0.1) is 11.2 Å². The number of carbonyl (C=O) groups is 3. The minimum atomic E-state index is -1.32. The zero-order chi connectivity index (χ0) is 23.1. The minimum absolute atomic E-state index is 0.0223. The molecule has 0 aliphatic heterocycles. The average Bonchev–Trinajstić information content (AvgIpc) is 2.82. The van der Waals surface area contributed by atoms with E-state index in [1.165, 1.54) is 31.2 Å². The fourth-order valence-electron chi connectivity index (χ4n) is 5.10. The Morgan fingerprint density at radius 1 is 1.16 bits per heavy atom. The van der Waals surface area contributed by atoms with Crippen LogP contribution in [0.4, 0.5) is 0 Å². The molecule has 3 rings (SSSR count). The Labute approximate surface area is 182 Å². The summed E-state index contributed by atoms with van der Waals surface area (Å²) in [4.78, 5) is 37.5. The molecule has 1 aromatic carbocycles. The summed E-state index contributed by atoms with van der Waals surface area (Å²) >= 11 is 0. The summed E-state index contributed by atoms with van der Waals surface area (Å²) < 4.78 is 11.4. The van der Waals surface area contributed by atoms with E-state index in [0.717, 1.165) is 0 Å². The molecule has 7 nitrogen and oxygen atoms in total. The first-order valence-corrected chi connectivity index (χ1v) is 10.5. The van der Waals surface area contributed by atoms with Crippen molar-refractivity contribution < 1.29 is 34.1 Å².